The number of benzene rings is 1. The highest BCUT2D eigenvalue weighted by atomic mass is 35.5. The van der Waals surface area contributed by atoms with E-state index in [0.717, 1.165) is 0 Å². The van der Waals surface area contributed by atoms with Crippen LogP contribution in [0.1, 0.15) is 28.1 Å². The molecular formula is C13H19ClN4O. The van der Waals surface area contributed by atoms with E-state index in [4.69, 9.17) is 10.2 Å². The second-order valence-corrected chi connectivity index (χ2v) is 4.44. The normalized spacial score (nSPS) is 10.1. The van der Waals surface area contributed by atoms with Crippen molar-refractivity contribution in [2.75, 3.05) is 5.32 Å². The lowest BCUT2D eigenvalue weighted by Crippen LogP contribution is -2.04. The molecule has 0 radical (unpaired) electrons. The smallest absolute Gasteiger partial charge is 0.315 e. The third-order valence-corrected chi connectivity index (χ3v) is 2.90. The molecule has 0 aliphatic heterocycles. The summed E-state index contributed by atoms with van der Waals surface area (Å²) in [5.41, 5.74) is 10.5. The number of aromatic nitrogens is 2. The molecule has 0 fully saturated rings. The zero-order valence-corrected chi connectivity index (χ0v) is 12.2. The lowest BCUT2D eigenvalue weighted by molar-refractivity contribution is 0.507. The Bertz CT molecular complexity index is 530. The van der Waals surface area contributed by atoms with Gasteiger partial charge < -0.3 is 15.5 Å². The molecule has 3 N–H and O–H groups in total. The van der Waals surface area contributed by atoms with Crippen molar-refractivity contribution >= 4 is 18.4 Å². The summed E-state index contributed by atoms with van der Waals surface area (Å²) in [5, 5.41) is 10.8. The topological polar surface area (TPSA) is 77.0 Å². The van der Waals surface area contributed by atoms with Crippen LogP contribution in [0, 0.1) is 20.8 Å². The van der Waals surface area contributed by atoms with E-state index < -0.39 is 0 Å². The fourth-order valence-electron chi connectivity index (χ4n) is 2.06. The summed E-state index contributed by atoms with van der Waals surface area (Å²) in [5.74, 6) is 0.440. The van der Waals surface area contributed by atoms with Crippen LogP contribution in [0.4, 0.5) is 6.01 Å². The summed E-state index contributed by atoms with van der Waals surface area (Å²) in [6, 6.07) is 4.75. The van der Waals surface area contributed by atoms with Crippen molar-refractivity contribution in [2.24, 2.45) is 5.73 Å². The zero-order valence-electron chi connectivity index (χ0n) is 11.4. The van der Waals surface area contributed by atoms with Gasteiger partial charge in [0.2, 0.25) is 5.89 Å². The molecule has 1 heterocycles. The van der Waals surface area contributed by atoms with Gasteiger partial charge in [-0.25, -0.2) is 0 Å². The molecule has 1 aromatic heterocycles. The number of halogens is 1. The molecule has 0 atom stereocenters. The first-order valence-electron chi connectivity index (χ1n) is 5.93. The molecule has 1 aromatic carbocycles. The minimum atomic E-state index is 0. The Hall–Kier alpha value is -1.59. The van der Waals surface area contributed by atoms with E-state index in [-0.39, 0.29) is 19.0 Å². The van der Waals surface area contributed by atoms with Gasteiger partial charge in [-0.15, -0.1) is 17.5 Å². The van der Waals surface area contributed by atoms with Crippen molar-refractivity contribution in [2.45, 2.75) is 33.9 Å². The predicted molar refractivity (Wildman–Crippen MR) is 77.4 cm³/mol. The maximum atomic E-state index is 5.41. The average molecular weight is 283 g/mol. The Labute approximate surface area is 119 Å². The summed E-state index contributed by atoms with van der Waals surface area (Å²) in [4.78, 5) is 0. The van der Waals surface area contributed by atoms with E-state index in [0.29, 0.717) is 18.5 Å². The summed E-state index contributed by atoms with van der Waals surface area (Å²) in [6.07, 6.45) is 0. The van der Waals surface area contributed by atoms with E-state index in [1.165, 1.54) is 22.3 Å². The van der Waals surface area contributed by atoms with Crippen molar-refractivity contribution in [3.63, 3.8) is 0 Å². The number of hydrogen-bond donors (Lipinski definition) is 2. The molecule has 0 aliphatic rings. The second-order valence-electron chi connectivity index (χ2n) is 4.44. The van der Waals surface area contributed by atoms with Crippen LogP contribution >= 0.6 is 12.4 Å². The van der Waals surface area contributed by atoms with E-state index >= 15 is 0 Å². The highest BCUT2D eigenvalue weighted by molar-refractivity contribution is 5.85. The molecule has 6 heteroatoms. The van der Waals surface area contributed by atoms with Crippen LogP contribution in [0.2, 0.25) is 0 Å². The van der Waals surface area contributed by atoms with E-state index in [9.17, 15) is 0 Å². The van der Waals surface area contributed by atoms with Crippen LogP contribution < -0.4 is 11.1 Å². The summed E-state index contributed by atoms with van der Waals surface area (Å²) in [7, 11) is 0. The van der Waals surface area contributed by atoms with Gasteiger partial charge in [0.25, 0.3) is 0 Å². The van der Waals surface area contributed by atoms with Gasteiger partial charge in [0.1, 0.15) is 0 Å². The minimum absolute atomic E-state index is 0. The first-order valence-corrected chi connectivity index (χ1v) is 5.93. The van der Waals surface area contributed by atoms with Crippen LogP contribution in [-0.2, 0) is 13.1 Å². The minimum Gasteiger partial charge on any atom is -0.407 e. The van der Waals surface area contributed by atoms with Crippen LogP contribution in [0.15, 0.2) is 16.5 Å². The zero-order chi connectivity index (χ0) is 13.1. The fourth-order valence-corrected chi connectivity index (χ4v) is 2.06. The molecule has 0 aliphatic carbocycles. The van der Waals surface area contributed by atoms with Gasteiger partial charge in [-0.3, -0.25) is 0 Å². The van der Waals surface area contributed by atoms with Crippen molar-refractivity contribution in [3.05, 3.63) is 40.3 Å². The van der Waals surface area contributed by atoms with Crippen molar-refractivity contribution < 1.29 is 4.42 Å². The first kappa shape index (κ1) is 15.5. The summed E-state index contributed by atoms with van der Waals surface area (Å²) >= 11 is 0. The molecule has 2 rings (SSSR count). The molecule has 2 aromatic rings. The maximum Gasteiger partial charge on any atom is 0.315 e. The van der Waals surface area contributed by atoms with E-state index in [1.807, 2.05) is 0 Å². The largest absolute Gasteiger partial charge is 0.407 e. The van der Waals surface area contributed by atoms with Crippen LogP contribution in [-0.4, -0.2) is 10.2 Å². The Kier molecular flexibility index (Phi) is 5.32. The van der Waals surface area contributed by atoms with Gasteiger partial charge >= 0.3 is 6.01 Å². The SMILES string of the molecule is Cc1cc(C)c(CNc2nnc(CN)o2)c(C)c1.Cl. The molecule has 5 nitrogen and oxygen atoms in total. The van der Waals surface area contributed by atoms with Crippen molar-refractivity contribution in [3.8, 4) is 0 Å². The third kappa shape index (κ3) is 3.68. The van der Waals surface area contributed by atoms with Gasteiger partial charge in [0, 0.05) is 6.54 Å². The maximum absolute atomic E-state index is 5.41. The number of nitrogens with one attached hydrogen (secondary N) is 1. The molecule has 0 unspecified atom stereocenters. The van der Waals surface area contributed by atoms with Crippen LogP contribution in [0.25, 0.3) is 0 Å². The predicted octanol–water partition coefficient (Wildman–Crippen LogP) is 2.49. The van der Waals surface area contributed by atoms with Gasteiger partial charge in [-0.2, -0.15) is 0 Å². The number of nitrogens with zero attached hydrogens (tertiary/aromatic N) is 2. The monoisotopic (exact) mass is 282 g/mol. The van der Waals surface area contributed by atoms with E-state index in [1.54, 1.807) is 0 Å². The average Bonchev–Trinajstić information content (AvgIpc) is 2.75. The lowest BCUT2D eigenvalue weighted by atomic mass is 10.00. The Balaban J connectivity index is 0.00000180. The van der Waals surface area contributed by atoms with Crippen molar-refractivity contribution in [1.82, 2.24) is 10.2 Å². The molecule has 0 amide bonds. The number of nitrogens with two attached hydrogens (primary N) is 1. The highest BCUT2D eigenvalue weighted by Crippen LogP contribution is 2.17. The first-order chi connectivity index (χ1) is 8.60. The number of anilines is 1. The number of hydrogen-bond acceptors (Lipinski definition) is 5. The van der Waals surface area contributed by atoms with Crippen LogP contribution in [0.3, 0.4) is 0 Å². The third-order valence-electron chi connectivity index (χ3n) is 2.90. The molecule has 0 spiro atoms. The fraction of sp³-hybridized carbons (Fsp3) is 0.385. The highest BCUT2D eigenvalue weighted by Gasteiger charge is 2.07. The van der Waals surface area contributed by atoms with Crippen molar-refractivity contribution in [1.29, 1.82) is 0 Å². The number of rotatable bonds is 4. The standard InChI is InChI=1S/C13H18N4O.ClH/c1-8-4-9(2)11(10(3)5-8)7-15-13-17-16-12(6-14)18-13;/h4-5H,6-7,14H2,1-3H3,(H,15,17);1H. The lowest BCUT2D eigenvalue weighted by Gasteiger charge is -2.11. The Morgan fingerprint density at radius 3 is 2.32 bits per heavy atom. The Morgan fingerprint density at radius 2 is 1.79 bits per heavy atom. The molecule has 0 saturated heterocycles. The molecule has 0 saturated carbocycles. The molecular weight excluding hydrogens is 264 g/mol. The molecule has 104 valence electrons. The molecule has 0 bridgehead atoms. The quantitative estimate of drug-likeness (QED) is 0.901. The van der Waals surface area contributed by atoms with Crippen LogP contribution in [0.5, 0.6) is 0 Å². The molecule has 19 heavy (non-hydrogen) atoms. The van der Waals surface area contributed by atoms with Gasteiger partial charge in [0.15, 0.2) is 0 Å². The van der Waals surface area contributed by atoms with Gasteiger partial charge in [0.05, 0.1) is 6.54 Å². The summed E-state index contributed by atoms with van der Waals surface area (Å²) in [6.45, 7) is 7.25. The Morgan fingerprint density at radius 1 is 1.16 bits per heavy atom. The van der Waals surface area contributed by atoms with E-state index in [2.05, 4.69) is 48.4 Å². The van der Waals surface area contributed by atoms with Gasteiger partial charge in [-0.05, 0) is 37.5 Å². The summed E-state index contributed by atoms with van der Waals surface area (Å²) < 4.78 is 5.30. The second kappa shape index (κ2) is 6.54. The number of aryl methyl sites for hydroxylation is 3. The van der Waals surface area contributed by atoms with Gasteiger partial charge in [-0.1, -0.05) is 22.8 Å².